The molecule has 3 heterocycles. The van der Waals surface area contributed by atoms with Gasteiger partial charge in [0, 0.05) is 13.1 Å². The second kappa shape index (κ2) is 4.40. The van der Waals surface area contributed by atoms with Crippen LogP contribution >= 0.6 is 0 Å². The minimum Gasteiger partial charge on any atom is -0.316 e. The number of fused-ring (bicyclic) bond motifs is 2. The number of likely N-dealkylation sites (tertiary alicyclic amines) is 1. The number of carbonyl (C=O) groups excluding carboxylic acids is 2. The SMILES string of the molecule is O=C1c2ccccc2C(=O)N1CN1C[C@H]2CNC[C@H]2C1. The van der Waals surface area contributed by atoms with Crippen molar-refractivity contribution in [2.75, 3.05) is 32.8 Å². The summed E-state index contributed by atoms with van der Waals surface area (Å²) in [5, 5.41) is 3.40. The van der Waals surface area contributed by atoms with Gasteiger partial charge in [0.25, 0.3) is 11.8 Å². The molecular formula is C15H17N3O2. The van der Waals surface area contributed by atoms with Gasteiger partial charge in [-0.1, -0.05) is 12.1 Å². The number of carbonyl (C=O) groups is 2. The van der Waals surface area contributed by atoms with Gasteiger partial charge in [0.15, 0.2) is 0 Å². The average Bonchev–Trinajstić information content (AvgIpc) is 3.09. The van der Waals surface area contributed by atoms with Crippen LogP contribution in [0.1, 0.15) is 20.7 Å². The van der Waals surface area contributed by atoms with Gasteiger partial charge >= 0.3 is 0 Å². The van der Waals surface area contributed by atoms with Crippen molar-refractivity contribution >= 4 is 11.8 Å². The quantitative estimate of drug-likeness (QED) is 0.791. The maximum absolute atomic E-state index is 12.3. The van der Waals surface area contributed by atoms with Crippen LogP contribution in [0.15, 0.2) is 24.3 Å². The van der Waals surface area contributed by atoms with Gasteiger partial charge in [0.2, 0.25) is 0 Å². The molecule has 2 amide bonds. The number of nitrogens with one attached hydrogen (secondary N) is 1. The van der Waals surface area contributed by atoms with E-state index in [-0.39, 0.29) is 11.8 Å². The van der Waals surface area contributed by atoms with Crippen molar-refractivity contribution in [1.82, 2.24) is 15.1 Å². The fourth-order valence-corrected chi connectivity index (χ4v) is 3.64. The Labute approximate surface area is 117 Å². The standard InChI is InChI=1S/C15H17N3O2/c19-14-12-3-1-2-4-13(12)15(20)18(14)9-17-7-10-5-16-6-11(10)8-17/h1-4,10-11,16H,5-9H2/t10-,11+. The van der Waals surface area contributed by atoms with E-state index in [9.17, 15) is 9.59 Å². The smallest absolute Gasteiger partial charge is 0.262 e. The van der Waals surface area contributed by atoms with Crippen molar-refractivity contribution in [3.05, 3.63) is 35.4 Å². The number of benzene rings is 1. The summed E-state index contributed by atoms with van der Waals surface area (Å²) >= 11 is 0. The van der Waals surface area contributed by atoms with Gasteiger partial charge in [0.1, 0.15) is 0 Å². The summed E-state index contributed by atoms with van der Waals surface area (Å²) in [6.07, 6.45) is 0. The van der Waals surface area contributed by atoms with Crippen LogP contribution in [-0.4, -0.2) is 54.5 Å². The van der Waals surface area contributed by atoms with Crippen molar-refractivity contribution in [2.45, 2.75) is 0 Å². The maximum Gasteiger partial charge on any atom is 0.262 e. The molecule has 5 heteroatoms. The lowest BCUT2D eigenvalue weighted by molar-refractivity contribution is 0.0557. The summed E-state index contributed by atoms with van der Waals surface area (Å²) in [7, 11) is 0. The summed E-state index contributed by atoms with van der Waals surface area (Å²) in [4.78, 5) is 28.2. The largest absolute Gasteiger partial charge is 0.316 e. The number of amides is 2. The third-order valence-corrected chi connectivity index (χ3v) is 4.68. The van der Waals surface area contributed by atoms with E-state index >= 15 is 0 Å². The minimum atomic E-state index is -0.152. The van der Waals surface area contributed by atoms with Gasteiger partial charge in [-0.15, -0.1) is 0 Å². The Morgan fingerprint density at radius 2 is 1.55 bits per heavy atom. The monoisotopic (exact) mass is 271 g/mol. The molecule has 0 saturated carbocycles. The molecule has 5 nitrogen and oxygen atoms in total. The molecule has 4 rings (SSSR count). The summed E-state index contributed by atoms with van der Waals surface area (Å²) in [5.74, 6) is 1.04. The number of imide groups is 1. The van der Waals surface area contributed by atoms with Crippen molar-refractivity contribution in [3.63, 3.8) is 0 Å². The Hall–Kier alpha value is -1.72. The highest BCUT2D eigenvalue weighted by atomic mass is 16.2. The van der Waals surface area contributed by atoms with Crippen molar-refractivity contribution in [1.29, 1.82) is 0 Å². The van der Waals surface area contributed by atoms with Gasteiger partial charge in [-0.2, -0.15) is 0 Å². The fraction of sp³-hybridized carbons (Fsp3) is 0.467. The number of rotatable bonds is 2. The molecule has 0 aliphatic carbocycles. The zero-order valence-electron chi connectivity index (χ0n) is 11.2. The van der Waals surface area contributed by atoms with Crippen LogP contribution in [0.4, 0.5) is 0 Å². The molecule has 2 saturated heterocycles. The molecule has 3 aliphatic heterocycles. The van der Waals surface area contributed by atoms with E-state index in [4.69, 9.17) is 0 Å². The van der Waals surface area contributed by atoms with E-state index in [0.717, 1.165) is 26.2 Å². The zero-order valence-corrected chi connectivity index (χ0v) is 11.2. The van der Waals surface area contributed by atoms with E-state index in [1.165, 1.54) is 4.90 Å². The van der Waals surface area contributed by atoms with Gasteiger partial charge < -0.3 is 5.32 Å². The highest BCUT2D eigenvalue weighted by Crippen LogP contribution is 2.28. The maximum atomic E-state index is 12.3. The van der Waals surface area contributed by atoms with Crippen LogP contribution in [0, 0.1) is 11.8 Å². The molecule has 0 spiro atoms. The molecule has 0 aromatic heterocycles. The summed E-state index contributed by atoms with van der Waals surface area (Å²) in [6, 6.07) is 7.08. The van der Waals surface area contributed by atoms with E-state index in [2.05, 4.69) is 10.2 Å². The second-order valence-corrected chi connectivity index (χ2v) is 5.94. The average molecular weight is 271 g/mol. The first-order valence-electron chi connectivity index (χ1n) is 7.12. The topological polar surface area (TPSA) is 52.7 Å². The third-order valence-electron chi connectivity index (χ3n) is 4.68. The first-order valence-corrected chi connectivity index (χ1v) is 7.12. The Morgan fingerprint density at radius 1 is 1.00 bits per heavy atom. The Kier molecular flexibility index (Phi) is 2.65. The first kappa shape index (κ1) is 12.1. The van der Waals surface area contributed by atoms with Crippen molar-refractivity contribution in [3.8, 4) is 0 Å². The van der Waals surface area contributed by atoms with Gasteiger partial charge in [-0.3, -0.25) is 19.4 Å². The lowest BCUT2D eigenvalue weighted by Gasteiger charge is -2.23. The Balaban J connectivity index is 1.51. The summed E-state index contributed by atoms with van der Waals surface area (Å²) in [5.41, 5.74) is 1.08. The Bertz CT molecular complexity index is 539. The van der Waals surface area contributed by atoms with Gasteiger partial charge in [0.05, 0.1) is 17.8 Å². The highest BCUT2D eigenvalue weighted by Gasteiger charge is 2.40. The fourth-order valence-electron chi connectivity index (χ4n) is 3.64. The predicted octanol–water partition coefficient (Wildman–Crippen LogP) is 0.391. The molecule has 1 aromatic rings. The number of hydrogen-bond donors (Lipinski definition) is 1. The van der Waals surface area contributed by atoms with Crippen LogP contribution in [0.25, 0.3) is 0 Å². The number of hydrogen-bond acceptors (Lipinski definition) is 4. The zero-order chi connectivity index (χ0) is 13.7. The third kappa shape index (κ3) is 1.70. The van der Waals surface area contributed by atoms with E-state index in [1.54, 1.807) is 24.3 Å². The van der Waals surface area contributed by atoms with E-state index in [1.807, 2.05) is 0 Å². The first-order chi connectivity index (χ1) is 9.74. The molecule has 0 bridgehead atoms. The molecule has 2 atom stereocenters. The lowest BCUT2D eigenvalue weighted by atomic mass is 10.0. The second-order valence-electron chi connectivity index (χ2n) is 5.94. The van der Waals surface area contributed by atoms with Gasteiger partial charge in [-0.05, 0) is 37.1 Å². The van der Waals surface area contributed by atoms with Crippen LogP contribution in [0.2, 0.25) is 0 Å². The summed E-state index contributed by atoms with van der Waals surface area (Å²) in [6.45, 7) is 4.50. The lowest BCUT2D eigenvalue weighted by Crippen LogP contribution is -2.41. The molecule has 104 valence electrons. The van der Waals surface area contributed by atoms with Gasteiger partial charge in [-0.25, -0.2) is 0 Å². The summed E-state index contributed by atoms with van der Waals surface area (Å²) < 4.78 is 0. The normalized spacial score (nSPS) is 29.1. The Morgan fingerprint density at radius 3 is 2.10 bits per heavy atom. The van der Waals surface area contributed by atoms with Crippen LogP contribution in [-0.2, 0) is 0 Å². The predicted molar refractivity (Wildman–Crippen MR) is 73.2 cm³/mol. The van der Waals surface area contributed by atoms with Crippen molar-refractivity contribution in [2.24, 2.45) is 11.8 Å². The molecule has 20 heavy (non-hydrogen) atoms. The van der Waals surface area contributed by atoms with E-state index < -0.39 is 0 Å². The number of nitrogens with zero attached hydrogens (tertiary/aromatic N) is 2. The molecule has 0 unspecified atom stereocenters. The van der Waals surface area contributed by atoms with Crippen LogP contribution in [0.5, 0.6) is 0 Å². The molecule has 3 aliphatic rings. The molecule has 1 aromatic carbocycles. The molecule has 1 N–H and O–H groups in total. The van der Waals surface area contributed by atoms with Crippen molar-refractivity contribution < 1.29 is 9.59 Å². The molecule has 2 fully saturated rings. The van der Waals surface area contributed by atoms with Crippen LogP contribution in [0.3, 0.4) is 0 Å². The minimum absolute atomic E-state index is 0.152. The van der Waals surface area contributed by atoms with Crippen LogP contribution < -0.4 is 5.32 Å². The molecule has 0 radical (unpaired) electrons. The highest BCUT2D eigenvalue weighted by molar-refractivity contribution is 6.21. The molecular weight excluding hydrogens is 254 g/mol. The van der Waals surface area contributed by atoms with E-state index in [0.29, 0.717) is 29.6 Å².